The fourth-order valence-corrected chi connectivity index (χ4v) is 3.94. The monoisotopic (exact) mass is 433 g/mol. The largest absolute Gasteiger partial charge is 0.573 e. The molecule has 0 spiro atoms. The van der Waals surface area contributed by atoms with Crippen molar-refractivity contribution in [3.63, 3.8) is 0 Å². The van der Waals surface area contributed by atoms with Gasteiger partial charge in [-0.15, -0.1) is 13.2 Å². The second-order valence-electron chi connectivity index (χ2n) is 8.38. The third kappa shape index (κ3) is 6.91. The van der Waals surface area contributed by atoms with Gasteiger partial charge in [0, 0.05) is 35.8 Å². The second kappa shape index (κ2) is 10.1. The lowest BCUT2D eigenvalue weighted by atomic mass is 9.89. The van der Waals surface area contributed by atoms with Crippen LogP contribution >= 0.6 is 0 Å². The van der Waals surface area contributed by atoms with Crippen LogP contribution in [0.3, 0.4) is 0 Å². The van der Waals surface area contributed by atoms with Gasteiger partial charge < -0.3 is 15.4 Å². The topological polar surface area (TPSA) is 46.2 Å². The fraction of sp³-hybridized carbons (Fsp3) is 0.458. The van der Waals surface area contributed by atoms with Crippen molar-refractivity contribution in [3.05, 3.63) is 54.2 Å². The third-order valence-corrected chi connectivity index (χ3v) is 5.55. The maximum Gasteiger partial charge on any atom is 0.573 e. The Kier molecular flexibility index (Phi) is 7.46. The van der Waals surface area contributed by atoms with E-state index >= 15 is 0 Å². The highest BCUT2D eigenvalue weighted by Gasteiger charge is 2.31. The van der Waals surface area contributed by atoms with Gasteiger partial charge in [0.05, 0.1) is 0 Å². The molecule has 0 aliphatic heterocycles. The Morgan fingerprint density at radius 3 is 2.61 bits per heavy atom. The molecular weight excluding hydrogens is 403 g/mol. The molecule has 2 aromatic rings. The van der Waals surface area contributed by atoms with Crippen LogP contribution in [0.1, 0.15) is 63.0 Å². The van der Waals surface area contributed by atoms with Crippen molar-refractivity contribution in [2.75, 3.05) is 11.9 Å². The lowest BCUT2D eigenvalue weighted by Gasteiger charge is -2.24. The molecule has 1 aromatic heterocycles. The Hall–Kier alpha value is -2.70. The molecule has 7 heteroatoms. The van der Waals surface area contributed by atoms with Gasteiger partial charge in [-0.05, 0) is 48.4 Å². The summed E-state index contributed by atoms with van der Waals surface area (Å²) >= 11 is 0. The molecule has 0 amide bonds. The summed E-state index contributed by atoms with van der Waals surface area (Å²) in [6.45, 7) is 9.32. The van der Waals surface area contributed by atoms with E-state index in [9.17, 15) is 13.2 Å². The van der Waals surface area contributed by atoms with Gasteiger partial charge in [-0.2, -0.15) is 0 Å². The number of anilines is 2. The quantitative estimate of drug-likeness (QED) is 0.471. The Morgan fingerprint density at radius 2 is 1.94 bits per heavy atom. The second-order valence-corrected chi connectivity index (χ2v) is 8.38. The minimum atomic E-state index is -4.73. The van der Waals surface area contributed by atoms with Crippen molar-refractivity contribution in [3.8, 4) is 5.75 Å². The lowest BCUT2D eigenvalue weighted by Crippen LogP contribution is -2.23. The van der Waals surface area contributed by atoms with Crippen molar-refractivity contribution >= 4 is 17.2 Å². The summed E-state index contributed by atoms with van der Waals surface area (Å²) in [4.78, 5) is 4.46. The molecule has 1 aliphatic carbocycles. The molecule has 0 atom stereocenters. The molecular formula is C24H30F3N3O. The number of hydrogen-bond acceptors (Lipinski definition) is 4. The highest BCUT2D eigenvalue weighted by atomic mass is 19.4. The van der Waals surface area contributed by atoms with Gasteiger partial charge >= 0.3 is 6.36 Å². The number of alkyl halides is 3. The molecule has 1 fully saturated rings. The zero-order chi connectivity index (χ0) is 22.4. The standard InChI is InChI=1S/C24H30F3N3O/c1-16(2)21-13-23(30-19-10-7-11-20(12-19)31-24(25,26)27)29-15-22(21)17(3)28-14-18-8-5-4-6-9-18/h7,10-13,15-16,18,28H,3-6,8-9,14H2,1-2H3,(H,29,30). The van der Waals surface area contributed by atoms with Gasteiger partial charge in [0.25, 0.3) is 0 Å². The van der Waals surface area contributed by atoms with Crippen LogP contribution < -0.4 is 15.4 Å². The first kappa shape index (κ1) is 23.0. The molecule has 1 aromatic carbocycles. The van der Waals surface area contributed by atoms with E-state index in [-0.39, 0.29) is 11.7 Å². The number of pyridine rings is 1. The molecule has 1 saturated carbocycles. The van der Waals surface area contributed by atoms with Crippen LogP contribution in [-0.4, -0.2) is 17.9 Å². The maximum absolute atomic E-state index is 12.5. The summed E-state index contributed by atoms with van der Waals surface area (Å²) in [7, 11) is 0. The summed E-state index contributed by atoms with van der Waals surface area (Å²) in [5.74, 6) is 1.19. The third-order valence-electron chi connectivity index (χ3n) is 5.55. The number of hydrogen-bond donors (Lipinski definition) is 2. The molecule has 168 valence electrons. The van der Waals surface area contributed by atoms with Gasteiger partial charge in [0.1, 0.15) is 11.6 Å². The number of benzene rings is 1. The van der Waals surface area contributed by atoms with Crippen molar-refractivity contribution in [1.29, 1.82) is 0 Å². The van der Waals surface area contributed by atoms with Crippen LogP contribution in [0.5, 0.6) is 5.75 Å². The van der Waals surface area contributed by atoms with E-state index in [1.807, 2.05) is 6.07 Å². The highest BCUT2D eigenvalue weighted by Crippen LogP contribution is 2.30. The average molecular weight is 434 g/mol. The molecule has 2 N–H and O–H groups in total. The number of halogens is 3. The summed E-state index contributed by atoms with van der Waals surface area (Å²) in [6.07, 6.45) is 3.49. The minimum Gasteiger partial charge on any atom is -0.406 e. The van der Waals surface area contributed by atoms with E-state index in [1.165, 1.54) is 50.3 Å². The molecule has 1 heterocycles. The maximum atomic E-state index is 12.5. The smallest absolute Gasteiger partial charge is 0.406 e. The van der Waals surface area contributed by atoms with E-state index in [4.69, 9.17) is 0 Å². The molecule has 3 rings (SSSR count). The van der Waals surface area contributed by atoms with E-state index in [1.54, 1.807) is 12.3 Å². The van der Waals surface area contributed by atoms with E-state index in [0.717, 1.165) is 23.4 Å². The van der Waals surface area contributed by atoms with E-state index in [2.05, 4.69) is 40.8 Å². The average Bonchev–Trinajstić information content (AvgIpc) is 2.71. The van der Waals surface area contributed by atoms with Gasteiger partial charge in [0.15, 0.2) is 0 Å². The zero-order valence-corrected chi connectivity index (χ0v) is 18.1. The highest BCUT2D eigenvalue weighted by molar-refractivity contribution is 5.68. The van der Waals surface area contributed by atoms with Crippen LogP contribution in [0, 0.1) is 5.92 Å². The first-order valence-corrected chi connectivity index (χ1v) is 10.8. The predicted octanol–water partition coefficient (Wildman–Crippen LogP) is 6.99. The minimum absolute atomic E-state index is 0.228. The molecule has 31 heavy (non-hydrogen) atoms. The Balaban J connectivity index is 1.71. The van der Waals surface area contributed by atoms with Crippen LogP contribution in [0.2, 0.25) is 0 Å². The number of ether oxygens (including phenoxy) is 1. The first-order chi connectivity index (χ1) is 14.7. The molecule has 4 nitrogen and oxygen atoms in total. The van der Waals surface area contributed by atoms with Gasteiger partial charge in [-0.1, -0.05) is 45.8 Å². The molecule has 0 saturated heterocycles. The Labute approximate surface area is 181 Å². The predicted molar refractivity (Wildman–Crippen MR) is 118 cm³/mol. The van der Waals surface area contributed by atoms with Crippen LogP contribution in [0.25, 0.3) is 5.70 Å². The van der Waals surface area contributed by atoms with Crippen molar-refractivity contribution < 1.29 is 17.9 Å². The van der Waals surface area contributed by atoms with E-state index < -0.39 is 6.36 Å². The lowest BCUT2D eigenvalue weighted by molar-refractivity contribution is -0.274. The Bertz CT molecular complexity index is 890. The van der Waals surface area contributed by atoms with Gasteiger partial charge in [-0.3, -0.25) is 0 Å². The zero-order valence-electron chi connectivity index (χ0n) is 18.1. The first-order valence-electron chi connectivity index (χ1n) is 10.8. The van der Waals surface area contributed by atoms with Crippen LogP contribution in [0.15, 0.2) is 43.1 Å². The van der Waals surface area contributed by atoms with Crippen molar-refractivity contribution in [1.82, 2.24) is 10.3 Å². The number of rotatable bonds is 8. The van der Waals surface area contributed by atoms with Crippen LogP contribution in [-0.2, 0) is 0 Å². The van der Waals surface area contributed by atoms with Crippen molar-refractivity contribution in [2.45, 2.75) is 58.2 Å². The summed E-state index contributed by atoms with van der Waals surface area (Å²) in [5, 5.41) is 6.55. The SMILES string of the molecule is C=C(NCC1CCCCC1)c1cnc(Nc2cccc(OC(F)(F)F)c2)cc1C(C)C. The summed E-state index contributed by atoms with van der Waals surface area (Å²) in [6, 6.07) is 7.64. The fourth-order valence-electron chi connectivity index (χ4n) is 3.94. The summed E-state index contributed by atoms with van der Waals surface area (Å²) < 4.78 is 41.4. The molecule has 0 unspecified atom stereocenters. The number of aromatic nitrogens is 1. The van der Waals surface area contributed by atoms with Crippen LogP contribution in [0.4, 0.5) is 24.7 Å². The number of nitrogens with one attached hydrogen (secondary N) is 2. The number of nitrogens with zero attached hydrogens (tertiary/aromatic N) is 1. The van der Waals surface area contributed by atoms with Crippen molar-refractivity contribution in [2.24, 2.45) is 5.92 Å². The van der Waals surface area contributed by atoms with Gasteiger partial charge in [0.2, 0.25) is 0 Å². The molecule has 0 radical (unpaired) electrons. The normalized spacial score (nSPS) is 15.0. The Morgan fingerprint density at radius 1 is 1.19 bits per heavy atom. The van der Waals surface area contributed by atoms with E-state index in [0.29, 0.717) is 17.4 Å². The van der Waals surface area contributed by atoms with Gasteiger partial charge in [-0.25, -0.2) is 4.98 Å². The summed E-state index contributed by atoms with van der Waals surface area (Å²) in [5.41, 5.74) is 3.35. The molecule has 1 aliphatic rings. The molecule has 0 bridgehead atoms.